The van der Waals surface area contributed by atoms with Crippen LogP contribution in [0.2, 0.25) is 0 Å². The van der Waals surface area contributed by atoms with E-state index in [1.165, 1.54) is 12.8 Å². The molecule has 0 rings (SSSR count). The van der Waals surface area contributed by atoms with Gasteiger partial charge in [-0.05, 0) is 26.2 Å². The lowest BCUT2D eigenvalue weighted by molar-refractivity contribution is 0.828. The molecule has 0 aliphatic rings. The molecule has 0 aliphatic carbocycles. The Bertz CT molecular complexity index is 94.9. The Balaban J connectivity index is 3.30. The summed E-state index contributed by atoms with van der Waals surface area (Å²) in [6.07, 6.45) is 4.67. The van der Waals surface area contributed by atoms with E-state index < -0.39 is 0 Å². The molecule has 0 aliphatic heterocycles. The summed E-state index contributed by atoms with van der Waals surface area (Å²) in [4.78, 5) is 4.29. The van der Waals surface area contributed by atoms with Crippen LogP contribution in [0.3, 0.4) is 0 Å². The highest BCUT2D eigenvalue weighted by Gasteiger charge is 1.88. The van der Waals surface area contributed by atoms with E-state index in [0.29, 0.717) is 0 Å². The Hall–Kier alpha value is -0.330. The van der Waals surface area contributed by atoms with Gasteiger partial charge in [-0.25, -0.2) is 0 Å². The summed E-state index contributed by atoms with van der Waals surface area (Å²) >= 11 is 0. The highest BCUT2D eigenvalue weighted by Crippen LogP contribution is 1.96. The average molecular weight is 140 g/mol. The number of hydrogen-bond acceptors (Lipinski definition) is 1. The number of rotatable bonds is 5. The van der Waals surface area contributed by atoms with Crippen molar-refractivity contribution in [2.45, 2.75) is 39.5 Å². The third kappa shape index (κ3) is 5.80. The second kappa shape index (κ2) is 6.79. The van der Waals surface area contributed by atoms with Gasteiger partial charge in [-0.15, -0.1) is 0 Å². The number of aliphatic imine (C=N–C) groups is 1. The Morgan fingerprint density at radius 3 is 2.50 bits per heavy atom. The molecule has 0 saturated carbocycles. The SMILES string of the molecule is [CH2]C(CCCC)=NCCC. The molecule has 0 saturated heterocycles. The van der Waals surface area contributed by atoms with Gasteiger partial charge in [0.15, 0.2) is 0 Å². The largest absolute Gasteiger partial charge is 0.294 e. The van der Waals surface area contributed by atoms with E-state index >= 15 is 0 Å². The normalized spacial score (nSPS) is 12.1. The molecule has 0 atom stereocenters. The first-order valence-electron chi connectivity index (χ1n) is 4.16. The molecule has 0 unspecified atom stereocenters. The molecule has 0 bridgehead atoms. The van der Waals surface area contributed by atoms with E-state index in [1.807, 2.05) is 0 Å². The molecule has 0 spiro atoms. The Labute approximate surface area is 64.6 Å². The van der Waals surface area contributed by atoms with Gasteiger partial charge in [0, 0.05) is 12.3 Å². The van der Waals surface area contributed by atoms with Crippen LogP contribution in [0.15, 0.2) is 4.99 Å². The first-order valence-corrected chi connectivity index (χ1v) is 4.16. The molecule has 1 nitrogen and oxygen atoms in total. The smallest absolute Gasteiger partial charge is 0.0386 e. The lowest BCUT2D eigenvalue weighted by atomic mass is 10.2. The van der Waals surface area contributed by atoms with Crippen LogP contribution in [0.1, 0.15) is 39.5 Å². The van der Waals surface area contributed by atoms with Crippen LogP contribution in [-0.4, -0.2) is 12.3 Å². The minimum atomic E-state index is 0.947. The topological polar surface area (TPSA) is 12.4 Å². The van der Waals surface area contributed by atoms with Crippen LogP contribution in [0.4, 0.5) is 0 Å². The molecular formula is C9H18N. The fourth-order valence-electron chi connectivity index (χ4n) is 0.730. The van der Waals surface area contributed by atoms with E-state index in [-0.39, 0.29) is 0 Å². The standard InChI is InChI=1S/C9H18N/c1-4-6-7-9(3)10-8-5-2/h3-8H2,1-2H3. The minimum Gasteiger partial charge on any atom is -0.294 e. The molecule has 10 heavy (non-hydrogen) atoms. The molecule has 1 heteroatoms. The van der Waals surface area contributed by atoms with Crippen molar-refractivity contribution in [2.24, 2.45) is 4.99 Å². The van der Waals surface area contributed by atoms with Crippen molar-refractivity contribution in [3.63, 3.8) is 0 Å². The van der Waals surface area contributed by atoms with Gasteiger partial charge in [-0.3, -0.25) is 4.99 Å². The lowest BCUT2D eigenvalue weighted by Crippen LogP contribution is -1.92. The van der Waals surface area contributed by atoms with Crippen molar-refractivity contribution >= 4 is 5.71 Å². The molecule has 0 heterocycles. The van der Waals surface area contributed by atoms with E-state index in [1.54, 1.807) is 0 Å². The summed E-state index contributed by atoms with van der Waals surface area (Å²) in [5, 5.41) is 0. The number of nitrogens with zero attached hydrogens (tertiary/aromatic N) is 1. The van der Waals surface area contributed by atoms with Crippen molar-refractivity contribution in [1.82, 2.24) is 0 Å². The fraction of sp³-hybridized carbons (Fsp3) is 0.778. The highest BCUT2D eigenvalue weighted by molar-refractivity contribution is 5.88. The Kier molecular flexibility index (Phi) is 6.56. The van der Waals surface area contributed by atoms with Crippen LogP contribution in [0.5, 0.6) is 0 Å². The highest BCUT2D eigenvalue weighted by atomic mass is 14.7. The van der Waals surface area contributed by atoms with Crippen LogP contribution in [0.25, 0.3) is 0 Å². The second-order valence-corrected chi connectivity index (χ2v) is 2.55. The van der Waals surface area contributed by atoms with Crippen LogP contribution in [-0.2, 0) is 0 Å². The molecule has 0 N–H and O–H groups in total. The maximum absolute atomic E-state index is 4.29. The van der Waals surface area contributed by atoms with Crippen LogP contribution < -0.4 is 0 Å². The van der Waals surface area contributed by atoms with Gasteiger partial charge in [0.05, 0.1) is 0 Å². The summed E-state index contributed by atoms with van der Waals surface area (Å²) in [5.41, 5.74) is 1.07. The van der Waals surface area contributed by atoms with Gasteiger partial charge in [-0.2, -0.15) is 0 Å². The first-order chi connectivity index (χ1) is 4.81. The molecule has 0 fully saturated rings. The van der Waals surface area contributed by atoms with Crippen molar-refractivity contribution in [3.8, 4) is 0 Å². The second-order valence-electron chi connectivity index (χ2n) is 2.55. The summed E-state index contributed by atoms with van der Waals surface area (Å²) in [6, 6.07) is 0. The predicted octanol–water partition coefficient (Wildman–Crippen LogP) is 2.86. The summed E-state index contributed by atoms with van der Waals surface area (Å²) in [5.74, 6) is 0. The zero-order valence-electron chi connectivity index (χ0n) is 7.19. The van der Waals surface area contributed by atoms with Crippen molar-refractivity contribution in [2.75, 3.05) is 6.54 Å². The van der Waals surface area contributed by atoms with E-state index in [4.69, 9.17) is 0 Å². The summed E-state index contributed by atoms with van der Waals surface area (Å²) < 4.78 is 0. The zero-order chi connectivity index (χ0) is 7.82. The number of unbranched alkanes of at least 4 members (excludes halogenated alkanes) is 1. The van der Waals surface area contributed by atoms with Gasteiger partial charge in [-0.1, -0.05) is 20.3 Å². The lowest BCUT2D eigenvalue weighted by Gasteiger charge is -1.96. The average Bonchev–Trinajstić information content (AvgIpc) is 1.97. The van der Waals surface area contributed by atoms with E-state index in [9.17, 15) is 0 Å². The van der Waals surface area contributed by atoms with Crippen molar-refractivity contribution in [3.05, 3.63) is 6.92 Å². The number of hydrogen-bond donors (Lipinski definition) is 0. The monoisotopic (exact) mass is 140 g/mol. The maximum atomic E-state index is 4.29. The van der Waals surface area contributed by atoms with Crippen LogP contribution >= 0.6 is 0 Å². The molecule has 0 aromatic carbocycles. The van der Waals surface area contributed by atoms with Crippen molar-refractivity contribution in [1.29, 1.82) is 0 Å². The van der Waals surface area contributed by atoms with Gasteiger partial charge in [0.1, 0.15) is 0 Å². The molecular weight excluding hydrogens is 122 g/mol. The zero-order valence-corrected chi connectivity index (χ0v) is 7.19. The first kappa shape index (κ1) is 9.67. The van der Waals surface area contributed by atoms with E-state index in [0.717, 1.165) is 25.1 Å². The molecule has 1 radical (unpaired) electrons. The van der Waals surface area contributed by atoms with Crippen molar-refractivity contribution < 1.29 is 0 Å². The summed E-state index contributed by atoms with van der Waals surface area (Å²) in [7, 11) is 0. The molecule has 59 valence electrons. The van der Waals surface area contributed by atoms with Gasteiger partial charge >= 0.3 is 0 Å². The van der Waals surface area contributed by atoms with E-state index in [2.05, 4.69) is 25.8 Å². The molecule has 0 amide bonds. The maximum Gasteiger partial charge on any atom is 0.0386 e. The van der Waals surface area contributed by atoms with Gasteiger partial charge in [0.2, 0.25) is 0 Å². The molecule has 0 aromatic rings. The van der Waals surface area contributed by atoms with Gasteiger partial charge < -0.3 is 0 Å². The Morgan fingerprint density at radius 1 is 1.30 bits per heavy atom. The van der Waals surface area contributed by atoms with Gasteiger partial charge in [0.25, 0.3) is 0 Å². The quantitative estimate of drug-likeness (QED) is 0.521. The molecule has 0 aromatic heterocycles. The fourth-order valence-corrected chi connectivity index (χ4v) is 0.730. The van der Waals surface area contributed by atoms with Crippen LogP contribution in [0, 0.1) is 6.92 Å². The Morgan fingerprint density at radius 2 is 2.00 bits per heavy atom. The third-order valence-electron chi connectivity index (χ3n) is 1.38. The minimum absolute atomic E-state index is 0.947. The predicted molar refractivity (Wildman–Crippen MR) is 47.5 cm³/mol. The summed E-state index contributed by atoms with van der Waals surface area (Å²) in [6.45, 7) is 9.13. The third-order valence-corrected chi connectivity index (χ3v) is 1.38.